The van der Waals surface area contributed by atoms with Gasteiger partial charge in [0.15, 0.2) is 0 Å². The van der Waals surface area contributed by atoms with Crippen LogP contribution >= 0.6 is 11.3 Å². The molecule has 12 aromatic rings. The van der Waals surface area contributed by atoms with Crippen molar-refractivity contribution in [3.8, 4) is 44.5 Å². The van der Waals surface area contributed by atoms with E-state index >= 15 is 0 Å². The molecule has 0 saturated carbocycles. The second kappa shape index (κ2) is 12.5. The third-order valence-electron chi connectivity index (χ3n) is 13.6. The monoisotopic (exact) mass is 778 g/mol. The van der Waals surface area contributed by atoms with Crippen molar-refractivity contribution in [1.29, 1.82) is 0 Å². The second-order valence-corrected chi connectivity index (χ2v) is 18.2. The van der Waals surface area contributed by atoms with Crippen LogP contribution in [0.15, 0.2) is 194 Å². The van der Waals surface area contributed by atoms with Crippen LogP contribution in [0.2, 0.25) is 0 Å². The largest absolute Gasteiger partial charge is 0.135 e. The number of fused-ring (bicyclic) bond motifs is 11. The lowest BCUT2D eigenvalue weighted by Crippen LogP contribution is -2.14. The molecular weight excluding hydrogens is 741 g/mol. The topological polar surface area (TPSA) is 0 Å². The van der Waals surface area contributed by atoms with Crippen LogP contribution in [0.3, 0.4) is 0 Å². The molecule has 11 aromatic carbocycles. The standard InChI is InChI=1S/C59H38S/c1-59(2)53-29-26-36(30-50(53)51-31-37-32-52-43-19-11-12-25-55(43)60-56(52)34-38(37)33-54(51)59)40-27-28-49(42-18-6-5-17-41(40)42)58-47-22-9-7-20-45(47)57(46-21-8-10-23-48(46)58)44-24-13-15-35-14-3-4-16-39(35)44/h3-34H,1-2H3. The minimum Gasteiger partial charge on any atom is -0.135 e. The predicted octanol–water partition coefficient (Wildman–Crippen LogP) is 17.1. The van der Waals surface area contributed by atoms with Crippen molar-refractivity contribution in [2.45, 2.75) is 19.3 Å². The van der Waals surface area contributed by atoms with Crippen molar-refractivity contribution in [2.75, 3.05) is 0 Å². The highest BCUT2D eigenvalue weighted by atomic mass is 32.1. The summed E-state index contributed by atoms with van der Waals surface area (Å²) in [7, 11) is 0. The van der Waals surface area contributed by atoms with Gasteiger partial charge in [-0.3, -0.25) is 0 Å². The Labute approximate surface area is 352 Å². The zero-order valence-electron chi connectivity index (χ0n) is 33.4. The van der Waals surface area contributed by atoms with E-state index < -0.39 is 0 Å². The first kappa shape index (κ1) is 33.9. The Bertz CT molecular complexity index is 3740. The molecule has 0 saturated heterocycles. The van der Waals surface area contributed by atoms with Crippen LogP contribution in [-0.2, 0) is 5.41 Å². The molecule has 13 rings (SSSR count). The number of benzene rings is 11. The van der Waals surface area contributed by atoms with Crippen molar-refractivity contribution >= 4 is 85.4 Å². The highest BCUT2D eigenvalue weighted by Crippen LogP contribution is 2.53. The molecule has 0 amide bonds. The second-order valence-electron chi connectivity index (χ2n) is 17.2. The van der Waals surface area contributed by atoms with Crippen LogP contribution in [0.1, 0.15) is 25.0 Å². The molecule has 60 heavy (non-hydrogen) atoms. The molecule has 1 aromatic heterocycles. The average Bonchev–Trinajstić information content (AvgIpc) is 3.76. The van der Waals surface area contributed by atoms with Crippen LogP contribution in [0.5, 0.6) is 0 Å². The van der Waals surface area contributed by atoms with Gasteiger partial charge in [-0.05, 0) is 146 Å². The number of rotatable bonds is 3. The van der Waals surface area contributed by atoms with Gasteiger partial charge < -0.3 is 0 Å². The Balaban J connectivity index is 1.01. The van der Waals surface area contributed by atoms with E-state index in [4.69, 9.17) is 0 Å². The maximum Gasteiger partial charge on any atom is 0.0361 e. The van der Waals surface area contributed by atoms with Crippen LogP contribution in [0.4, 0.5) is 0 Å². The zero-order valence-corrected chi connectivity index (χ0v) is 34.2. The minimum atomic E-state index is -0.0985. The highest BCUT2D eigenvalue weighted by molar-refractivity contribution is 7.25. The summed E-state index contributed by atoms with van der Waals surface area (Å²) in [4.78, 5) is 0. The Kier molecular flexibility index (Phi) is 7.04. The van der Waals surface area contributed by atoms with E-state index in [9.17, 15) is 0 Å². The van der Waals surface area contributed by atoms with E-state index in [0.717, 1.165) is 0 Å². The minimum absolute atomic E-state index is 0.0985. The molecule has 0 spiro atoms. The zero-order chi connectivity index (χ0) is 39.7. The Morgan fingerprint density at radius 2 is 0.833 bits per heavy atom. The average molecular weight is 779 g/mol. The number of hydrogen-bond donors (Lipinski definition) is 0. The van der Waals surface area contributed by atoms with Gasteiger partial charge in [0, 0.05) is 25.6 Å². The summed E-state index contributed by atoms with van der Waals surface area (Å²) in [5.41, 5.74) is 13.0. The summed E-state index contributed by atoms with van der Waals surface area (Å²) in [6, 6.07) is 73.2. The smallest absolute Gasteiger partial charge is 0.0361 e. The lowest BCUT2D eigenvalue weighted by Gasteiger charge is -2.22. The Morgan fingerprint density at radius 1 is 0.300 bits per heavy atom. The van der Waals surface area contributed by atoms with Crippen molar-refractivity contribution < 1.29 is 0 Å². The molecule has 0 nitrogen and oxygen atoms in total. The maximum atomic E-state index is 2.47. The van der Waals surface area contributed by atoms with Gasteiger partial charge in [-0.15, -0.1) is 11.3 Å². The quantitative estimate of drug-likeness (QED) is 0.157. The third kappa shape index (κ3) is 4.73. The summed E-state index contributed by atoms with van der Waals surface area (Å²) < 4.78 is 2.71. The van der Waals surface area contributed by atoms with Crippen LogP contribution in [-0.4, -0.2) is 0 Å². The molecule has 0 fully saturated rings. The van der Waals surface area contributed by atoms with Crippen LogP contribution in [0, 0.1) is 0 Å². The highest BCUT2D eigenvalue weighted by Gasteiger charge is 2.36. The normalized spacial score (nSPS) is 13.3. The molecule has 1 heteroatoms. The summed E-state index contributed by atoms with van der Waals surface area (Å²) in [5, 5.41) is 15.5. The summed E-state index contributed by atoms with van der Waals surface area (Å²) >= 11 is 1.90. The van der Waals surface area contributed by atoms with Crippen LogP contribution < -0.4 is 0 Å². The fourth-order valence-corrected chi connectivity index (χ4v) is 11.9. The van der Waals surface area contributed by atoms with Gasteiger partial charge in [0.25, 0.3) is 0 Å². The molecular formula is C59H38S. The predicted molar refractivity (Wildman–Crippen MR) is 261 cm³/mol. The molecule has 1 aliphatic rings. The molecule has 0 bridgehead atoms. The molecule has 0 atom stereocenters. The number of thiophene rings is 1. The third-order valence-corrected chi connectivity index (χ3v) is 14.8. The first-order valence-electron chi connectivity index (χ1n) is 21.0. The first-order chi connectivity index (χ1) is 29.5. The van der Waals surface area contributed by atoms with E-state index in [1.807, 2.05) is 11.3 Å². The van der Waals surface area contributed by atoms with Gasteiger partial charge in [-0.2, -0.15) is 0 Å². The van der Waals surface area contributed by atoms with E-state index in [-0.39, 0.29) is 5.41 Å². The lowest BCUT2D eigenvalue weighted by molar-refractivity contribution is 0.661. The number of hydrogen-bond acceptors (Lipinski definition) is 1. The molecule has 280 valence electrons. The Hall–Kier alpha value is -7.06. The van der Waals surface area contributed by atoms with Crippen molar-refractivity contribution in [3.05, 3.63) is 205 Å². The molecule has 1 aliphatic carbocycles. The van der Waals surface area contributed by atoms with Gasteiger partial charge in [0.05, 0.1) is 0 Å². The van der Waals surface area contributed by atoms with Gasteiger partial charge >= 0.3 is 0 Å². The molecule has 0 aliphatic heterocycles. The fraction of sp³-hybridized carbons (Fsp3) is 0.0508. The Morgan fingerprint density at radius 3 is 1.55 bits per heavy atom. The summed E-state index contributed by atoms with van der Waals surface area (Å²) in [6.45, 7) is 4.79. The summed E-state index contributed by atoms with van der Waals surface area (Å²) in [5.74, 6) is 0. The van der Waals surface area contributed by atoms with E-state index in [2.05, 4.69) is 208 Å². The molecule has 1 heterocycles. The molecule has 0 N–H and O–H groups in total. The van der Waals surface area contributed by atoms with E-state index in [1.165, 1.54) is 130 Å². The maximum absolute atomic E-state index is 2.47. The lowest BCUT2D eigenvalue weighted by atomic mass is 9.81. The van der Waals surface area contributed by atoms with Gasteiger partial charge in [-0.25, -0.2) is 0 Å². The fourth-order valence-electron chi connectivity index (χ4n) is 10.8. The summed E-state index contributed by atoms with van der Waals surface area (Å²) in [6.07, 6.45) is 0. The first-order valence-corrected chi connectivity index (χ1v) is 21.8. The van der Waals surface area contributed by atoms with Gasteiger partial charge in [0.1, 0.15) is 0 Å². The SMILES string of the molecule is CC1(C)c2ccc(-c3ccc(-c4c5ccccc5c(-c5cccc6ccccc56)c5ccccc45)c4ccccc34)cc2-c2cc3cc4c(cc3cc21)sc1ccccc14. The van der Waals surface area contributed by atoms with Gasteiger partial charge in [-0.1, -0.05) is 172 Å². The van der Waals surface area contributed by atoms with Crippen LogP contribution in [0.25, 0.3) is 119 Å². The van der Waals surface area contributed by atoms with E-state index in [1.54, 1.807) is 0 Å². The van der Waals surface area contributed by atoms with Gasteiger partial charge in [0.2, 0.25) is 0 Å². The molecule has 0 unspecified atom stereocenters. The molecule has 0 radical (unpaired) electrons. The van der Waals surface area contributed by atoms with E-state index in [0.29, 0.717) is 0 Å². The van der Waals surface area contributed by atoms with Crippen molar-refractivity contribution in [2.24, 2.45) is 0 Å². The van der Waals surface area contributed by atoms with Crippen molar-refractivity contribution in [1.82, 2.24) is 0 Å². The van der Waals surface area contributed by atoms with Crippen molar-refractivity contribution in [3.63, 3.8) is 0 Å².